The van der Waals surface area contributed by atoms with Gasteiger partial charge in [-0.15, -0.1) is 5.10 Å². The summed E-state index contributed by atoms with van der Waals surface area (Å²) in [4.78, 5) is 11.3. The third-order valence-electron chi connectivity index (χ3n) is 3.33. The molecule has 5 heteroatoms. The van der Waals surface area contributed by atoms with E-state index in [0.29, 0.717) is 12.2 Å². The molecule has 0 radical (unpaired) electrons. The lowest BCUT2D eigenvalue weighted by Gasteiger charge is -2.16. The predicted molar refractivity (Wildman–Crippen MR) is 78.8 cm³/mol. The Bertz CT molecular complexity index is 613. The van der Waals surface area contributed by atoms with Crippen LogP contribution in [0, 0.1) is 6.92 Å². The number of fused-ring (bicyclic) bond motifs is 1. The number of anilines is 1. The molecule has 106 valence electrons. The van der Waals surface area contributed by atoms with Crippen molar-refractivity contribution in [2.75, 3.05) is 5.32 Å². The molecular formula is C15H19N3O2. The zero-order valence-electron chi connectivity index (χ0n) is 11.8. The van der Waals surface area contributed by atoms with Crippen molar-refractivity contribution in [3.63, 3.8) is 0 Å². The minimum Gasteiger partial charge on any atom is -0.480 e. The van der Waals surface area contributed by atoms with Gasteiger partial charge in [0.15, 0.2) is 5.82 Å². The quantitative estimate of drug-likeness (QED) is 0.846. The van der Waals surface area contributed by atoms with Crippen LogP contribution in [0.1, 0.15) is 31.9 Å². The molecule has 0 spiro atoms. The van der Waals surface area contributed by atoms with Crippen LogP contribution in [-0.2, 0) is 4.79 Å². The number of hydrogen-bond donors (Lipinski definition) is 2. The maximum atomic E-state index is 11.3. The van der Waals surface area contributed by atoms with Crippen molar-refractivity contribution in [2.45, 2.75) is 39.2 Å². The lowest BCUT2D eigenvalue weighted by Crippen LogP contribution is -2.29. The van der Waals surface area contributed by atoms with Crippen molar-refractivity contribution < 1.29 is 9.90 Å². The van der Waals surface area contributed by atoms with Crippen LogP contribution in [-0.4, -0.2) is 27.3 Å². The molecule has 0 amide bonds. The van der Waals surface area contributed by atoms with Crippen LogP contribution < -0.4 is 5.32 Å². The molecule has 20 heavy (non-hydrogen) atoms. The summed E-state index contributed by atoms with van der Waals surface area (Å²) >= 11 is 0. The van der Waals surface area contributed by atoms with E-state index in [9.17, 15) is 9.90 Å². The summed E-state index contributed by atoms with van der Waals surface area (Å²) in [5, 5.41) is 22.4. The number of carbonyl (C=O) groups is 1. The van der Waals surface area contributed by atoms with Gasteiger partial charge in [-0.2, -0.15) is 5.10 Å². The molecule has 2 rings (SSSR count). The summed E-state index contributed by atoms with van der Waals surface area (Å²) in [6.45, 7) is 3.94. The van der Waals surface area contributed by atoms with E-state index in [0.717, 1.165) is 29.3 Å². The van der Waals surface area contributed by atoms with Crippen LogP contribution in [0.15, 0.2) is 24.3 Å². The van der Waals surface area contributed by atoms with Gasteiger partial charge in [0.1, 0.15) is 6.04 Å². The number of aryl methyl sites for hydroxylation is 1. The SMILES string of the molecule is CCCCC(Nc1nnc(C)c2ccccc12)C(=O)O. The van der Waals surface area contributed by atoms with E-state index < -0.39 is 12.0 Å². The standard InChI is InChI=1S/C15H19N3O2/c1-3-4-9-13(15(19)20)16-14-12-8-6-5-7-11(12)10(2)17-18-14/h5-8,13H,3-4,9H2,1-2H3,(H,16,18)(H,19,20). The maximum absolute atomic E-state index is 11.3. The Kier molecular flexibility index (Phi) is 4.50. The Morgan fingerprint density at radius 3 is 2.65 bits per heavy atom. The first-order chi connectivity index (χ1) is 9.63. The average molecular weight is 273 g/mol. The highest BCUT2D eigenvalue weighted by Crippen LogP contribution is 2.23. The molecule has 0 fully saturated rings. The van der Waals surface area contributed by atoms with Crippen molar-refractivity contribution in [1.82, 2.24) is 10.2 Å². The molecule has 1 aromatic heterocycles. The minimum absolute atomic E-state index is 0.537. The molecule has 1 aromatic carbocycles. The van der Waals surface area contributed by atoms with Gasteiger partial charge in [0, 0.05) is 10.8 Å². The molecule has 0 saturated carbocycles. The molecule has 1 heterocycles. The summed E-state index contributed by atoms with van der Waals surface area (Å²) in [7, 11) is 0. The molecule has 2 aromatic rings. The van der Waals surface area contributed by atoms with Gasteiger partial charge in [-0.3, -0.25) is 0 Å². The van der Waals surface area contributed by atoms with Crippen molar-refractivity contribution >= 4 is 22.6 Å². The lowest BCUT2D eigenvalue weighted by molar-refractivity contribution is -0.138. The molecule has 0 saturated heterocycles. The fourth-order valence-corrected chi connectivity index (χ4v) is 2.18. The number of carboxylic acids is 1. The maximum Gasteiger partial charge on any atom is 0.326 e. The van der Waals surface area contributed by atoms with Crippen LogP contribution >= 0.6 is 0 Å². The highest BCUT2D eigenvalue weighted by atomic mass is 16.4. The van der Waals surface area contributed by atoms with Gasteiger partial charge in [0.05, 0.1) is 5.69 Å². The number of unbranched alkanes of at least 4 members (excludes halogenated alkanes) is 1. The zero-order valence-corrected chi connectivity index (χ0v) is 11.8. The summed E-state index contributed by atoms with van der Waals surface area (Å²) in [6, 6.07) is 7.11. The van der Waals surface area contributed by atoms with E-state index in [-0.39, 0.29) is 0 Å². The van der Waals surface area contributed by atoms with E-state index in [1.165, 1.54) is 0 Å². The van der Waals surface area contributed by atoms with Crippen LogP contribution in [0.4, 0.5) is 5.82 Å². The molecule has 1 unspecified atom stereocenters. The van der Waals surface area contributed by atoms with Gasteiger partial charge >= 0.3 is 5.97 Å². The molecule has 0 aliphatic heterocycles. The van der Waals surface area contributed by atoms with Gasteiger partial charge in [-0.25, -0.2) is 4.79 Å². The fraction of sp³-hybridized carbons (Fsp3) is 0.400. The summed E-state index contributed by atoms with van der Waals surface area (Å²) in [5.41, 5.74) is 0.839. The van der Waals surface area contributed by atoms with Gasteiger partial charge in [-0.05, 0) is 13.3 Å². The highest BCUT2D eigenvalue weighted by molar-refractivity contribution is 5.94. The third-order valence-corrected chi connectivity index (χ3v) is 3.33. The Hall–Kier alpha value is -2.17. The largest absolute Gasteiger partial charge is 0.480 e. The Labute approximate surface area is 118 Å². The van der Waals surface area contributed by atoms with E-state index in [4.69, 9.17) is 0 Å². The fourth-order valence-electron chi connectivity index (χ4n) is 2.18. The summed E-state index contributed by atoms with van der Waals surface area (Å²) < 4.78 is 0. The Morgan fingerprint density at radius 1 is 1.30 bits per heavy atom. The molecule has 1 atom stereocenters. The second-order valence-corrected chi connectivity index (χ2v) is 4.86. The monoisotopic (exact) mass is 273 g/mol. The van der Waals surface area contributed by atoms with Crippen molar-refractivity contribution in [1.29, 1.82) is 0 Å². The summed E-state index contributed by atoms with van der Waals surface area (Å²) in [5.74, 6) is -0.320. The van der Waals surface area contributed by atoms with Gasteiger partial charge in [-0.1, -0.05) is 44.0 Å². The predicted octanol–water partition coefficient (Wildman–Crippen LogP) is 2.99. The number of aliphatic carboxylic acids is 1. The van der Waals surface area contributed by atoms with Gasteiger partial charge < -0.3 is 10.4 Å². The van der Waals surface area contributed by atoms with Gasteiger partial charge in [0.25, 0.3) is 0 Å². The second kappa shape index (κ2) is 6.32. The molecule has 0 aliphatic rings. The average Bonchev–Trinajstić information content (AvgIpc) is 2.45. The van der Waals surface area contributed by atoms with Crippen molar-refractivity contribution in [2.24, 2.45) is 0 Å². The second-order valence-electron chi connectivity index (χ2n) is 4.86. The Balaban J connectivity index is 2.32. The van der Waals surface area contributed by atoms with Gasteiger partial charge in [0.2, 0.25) is 0 Å². The number of carboxylic acid groups (broad SMARTS) is 1. The zero-order chi connectivity index (χ0) is 14.5. The van der Waals surface area contributed by atoms with Crippen LogP contribution in [0.2, 0.25) is 0 Å². The van der Waals surface area contributed by atoms with Crippen molar-refractivity contribution in [3.05, 3.63) is 30.0 Å². The van der Waals surface area contributed by atoms with Crippen LogP contribution in [0.3, 0.4) is 0 Å². The number of nitrogens with zero attached hydrogens (tertiary/aromatic N) is 2. The Morgan fingerprint density at radius 2 is 2.00 bits per heavy atom. The normalized spacial score (nSPS) is 12.3. The number of benzene rings is 1. The molecule has 0 aliphatic carbocycles. The molecule has 5 nitrogen and oxygen atoms in total. The number of hydrogen-bond acceptors (Lipinski definition) is 4. The van der Waals surface area contributed by atoms with Crippen LogP contribution in [0.5, 0.6) is 0 Å². The first-order valence-electron chi connectivity index (χ1n) is 6.85. The topological polar surface area (TPSA) is 75.1 Å². The highest BCUT2D eigenvalue weighted by Gasteiger charge is 2.18. The molecule has 2 N–H and O–H groups in total. The number of aromatic nitrogens is 2. The summed E-state index contributed by atoms with van der Waals surface area (Å²) in [6.07, 6.45) is 2.41. The smallest absolute Gasteiger partial charge is 0.326 e. The van der Waals surface area contributed by atoms with E-state index in [2.05, 4.69) is 15.5 Å². The van der Waals surface area contributed by atoms with Crippen molar-refractivity contribution in [3.8, 4) is 0 Å². The third kappa shape index (κ3) is 3.04. The minimum atomic E-state index is -0.857. The van der Waals surface area contributed by atoms with Crippen LogP contribution in [0.25, 0.3) is 10.8 Å². The van der Waals surface area contributed by atoms with E-state index in [1.54, 1.807) is 0 Å². The lowest BCUT2D eigenvalue weighted by atomic mass is 10.1. The molecule has 0 bridgehead atoms. The first kappa shape index (κ1) is 14.2. The molecular weight excluding hydrogens is 254 g/mol. The first-order valence-corrected chi connectivity index (χ1v) is 6.85. The number of nitrogens with one attached hydrogen (secondary N) is 1. The van der Waals surface area contributed by atoms with E-state index >= 15 is 0 Å². The van der Waals surface area contributed by atoms with E-state index in [1.807, 2.05) is 38.1 Å². The number of rotatable bonds is 6.